The maximum absolute atomic E-state index is 6.08. The fraction of sp³-hybridized carbons (Fsp3) is 0.500. The Morgan fingerprint density at radius 2 is 1.90 bits per heavy atom. The number of piperidine rings is 1. The van der Waals surface area contributed by atoms with Gasteiger partial charge in [-0.05, 0) is 36.8 Å². The number of nitrogens with zero attached hydrogens (tertiary/aromatic N) is 2. The molecule has 0 amide bonds. The number of fused-ring (bicyclic) bond motifs is 2. The molecule has 4 rings (SSSR count). The van der Waals surface area contributed by atoms with Gasteiger partial charge in [-0.25, -0.2) is 0 Å². The zero-order valence-electron chi connectivity index (χ0n) is 12.5. The van der Waals surface area contributed by atoms with Crippen molar-refractivity contribution in [3.8, 4) is 0 Å². The molecule has 2 heterocycles. The highest BCUT2D eigenvalue weighted by Crippen LogP contribution is 2.39. The van der Waals surface area contributed by atoms with Crippen LogP contribution < -0.4 is 10.6 Å². The summed E-state index contributed by atoms with van der Waals surface area (Å²) in [5.74, 6) is 1.85. The van der Waals surface area contributed by atoms with Gasteiger partial charge in [0.1, 0.15) is 0 Å². The van der Waals surface area contributed by atoms with E-state index in [1.165, 1.54) is 56.3 Å². The van der Waals surface area contributed by atoms with Gasteiger partial charge in [0.25, 0.3) is 0 Å². The first-order valence-corrected chi connectivity index (χ1v) is 8.21. The summed E-state index contributed by atoms with van der Waals surface area (Å²) in [6.07, 6.45) is 8.96. The maximum Gasteiger partial charge on any atom is 0.0951 e. The molecule has 1 saturated heterocycles. The summed E-state index contributed by atoms with van der Waals surface area (Å²) >= 11 is 0. The highest BCUT2D eigenvalue weighted by atomic mass is 15.1. The van der Waals surface area contributed by atoms with Crippen LogP contribution in [0.5, 0.6) is 0 Å². The molecule has 2 atom stereocenters. The van der Waals surface area contributed by atoms with Crippen LogP contribution in [0.25, 0.3) is 10.9 Å². The van der Waals surface area contributed by atoms with Gasteiger partial charge in [-0.1, -0.05) is 31.4 Å². The maximum atomic E-state index is 6.08. The van der Waals surface area contributed by atoms with Gasteiger partial charge in [0.15, 0.2) is 0 Å². The summed E-state index contributed by atoms with van der Waals surface area (Å²) in [6.45, 7) is 2.38. The molecule has 1 aliphatic heterocycles. The van der Waals surface area contributed by atoms with Gasteiger partial charge >= 0.3 is 0 Å². The highest BCUT2D eigenvalue weighted by Gasteiger charge is 2.31. The number of nitrogens with two attached hydrogens (primary N) is 1. The minimum absolute atomic E-state index is 0.780. The topological polar surface area (TPSA) is 42.1 Å². The fourth-order valence-electron chi connectivity index (χ4n) is 4.28. The molecule has 0 spiro atoms. The lowest BCUT2D eigenvalue weighted by molar-refractivity contribution is 0.202. The lowest BCUT2D eigenvalue weighted by atomic mass is 9.75. The lowest BCUT2D eigenvalue weighted by Gasteiger charge is -2.42. The van der Waals surface area contributed by atoms with Crippen molar-refractivity contribution in [1.29, 1.82) is 0 Å². The van der Waals surface area contributed by atoms with Crippen molar-refractivity contribution in [1.82, 2.24) is 4.98 Å². The van der Waals surface area contributed by atoms with E-state index < -0.39 is 0 Å². The van der Waals surface area contributed by atoms with Gasteiger partial charge in [0, 0.05) is 30.4 Å². The second kappa shape index (κ2) is 5.21. The normalized spacial score (nSPS) is 25.8. The third-order valence-electron chi connectivity index (χ3n) is 5.41. The number of rotatable bonds is 1. The molecule has 1 saturated carbocycles. The van der Waals surface area contributed by atoms with E-state index in [9.17, 15) is 0 Å². The van der Waals surface area contributed by atoms with Crippen molar-refractivity contribution in [2.75, 3.05) is 23.7 Å². The largest absolute Gasteiger partial charge is 0.397 e. The van der Waals surface area contributed by atoms with Crippen molar-refractivity contribution >= 4 is 22.3 Å². The molecule has 1 aromatic carbocycles. The Morgan fingerprint density at radius 3 is 2.81 bits per heavy atom. The van der Waals surface area contributed by atoms with Gasteiger partial charge < -0.3 is 10.6 Å². The molecule has 3 nitrogen and oxygen atoms in total. The predicted molar refractivity (Wildman–Crippen MR) is 88.4 cm³/mol. The van der Waals surface area contributed by atoms with Crippen LogP contribution in [0.15, 0.2) is 30.5 Å². The van der Waals surface area contributed by atoms with Crippen LogP contribution in [0.3, 0.4) is 0 Å². The third-order valence-corrected chi connectivity index (χ3v) is 5.41. The smallest absolute Gasteiger partial charge is 0.0951 e. The Kier molecular flexibility index (Phi) is 3.21. The summed E-state index contributed by atoms with van der Waals surface area (Å²) in [5, 5.41) is 1.20. The van der Waals surface area contributed by atoms with E-state index in [0.29, 0.717) is 0 Å². The van der Waals surface area contributed by atoms with E-state index in [0.717, 1.165) is 23.0 Å². The van der Waals surface area contributed by atoms with E-state index in [-0.39, 0.29) is 0 Å². The monoisotopic (exact) mass is 281 g/mol. The average Bonchev–Trinajstić information content (AvgIpc) is 2.54. The first-order chi connectivity index (χ1) is 10.3. The van der Waals surface area contributed by atoms with Crippen LogP contribution in [-0.4, -0.2) is 18.1 Å². The molecule has 2 aliphatic rings. The van der Waals surface area contributed by atoms with Crippen molar-refractivity contribution in [2.45, 2.75) is 32.1 Å². The average molecular weight is 281 g/mol. The van der Waals surface area contributed by atoms with Crippen LogP contribution in [0.2, 0.25) is 0 Å². The molecule has 2 N–H and O–H groups in total. The quantitative estimate of drug-likeness (QED) is 0.808. The van der Waals surface area contributed by atoms with E-state index in [1.807, 2.05) is 18.3 Å². The molecule has 110 valence electrons. The first kappa shape index (κ1) is 12.9. The molecule has 2 fully saturated rings. The van der Waals surface area contributed by atoms with Crippen molar-refractivity contribution < 1.29 is 0 Å². The lowest BCUT2D eigenvalue weighted by Crippen LogP contribution is -2.41. The second-order valence-corrected chi connectivity index (χ2v) is 6.61. The summed E-state index contributed by atoms with van der Waals surface area (Å²) in [4.78, 5) is 7.03. The van der Waals surface area contributed by atoms with Gasteiger partial charge in [-0.3, -0.25) is 4.98 Å². The summed E-state index contributed by atoms with van der Waals surface area (Å²) < 4.78 is 0. The van der Waals surface area contributed by atoms with Crippen LogP contribution in [0, 0.1) is 11.8 Å². The number of hydrogen-bond donors (Lipinski definition) is 1. The van der Waals surface area contributed by atoms with Crippen LogP contribution in [-0.2, 0) is 0 Å². The number of anilines is 2. The number of hydrogen-bond acceptors (Lipinski definition) is 3. The van der Waals surface area contributed by atoms with E-state index in [1.54, 1.807) is 0 Å². The van der Waals surface area contributed by atoms with Crippen molar-refractivity contribution in [2.24, 2.45) is 11.8 Å². The summed E-state index contributed by atoms with van der Waals surface area (Å²) in [5.41, 5.74) is 9.12. The van der Waals surface area contributed by atoms with Crippen LogP contribution in [0.4, 0.5) is 11.4 Å². The third kappa shape index (κ3) is 2.25. The number of nitrogen functional groups attached to an aromatic ring is 1. The molecule has 2 aromatic rings. The molecular formula is C18H23N3. The highest BCUT2D eigenvalue weighted by molar-refractivity contribution is 5.98. The summed E-state index contributed by atoms with van der Waals surface area (Å²) in [7, 11) is 0. The molecule has 3 heteroatoms. The predicted octanol–water partition coefficient (Wildman–Crippen LogP) is 3.83. The van der Waals surface area contributed by atoms with Gasteiger partial charge in [-0.2, -0.15) is 0 Å². The Morgan fingerprint density at radius 1 is 1.05 bits per heavy atom. The fourth-order valence-corrected chi connectivity index (χ4v) is 4.28. The molecule has 0 radical (unpaired) electrons. The number of aromatic nitrogens is 1. The molecule has 1 aliphatic carbocycles. The summed E-state index contributed by atoms with van der Waals surface area (Å²) in [6, 6.07) is 8.29. The number of benzene rings is 1. The molecule has 1 aromatic heterocycles. The van der Waals surface area contributed by atoms with E-state index >= 15 is 0 Å². The zero-order valence-corrected chi connectivity index (χ0v) is 12.5. The molecular weight excluding hydrogens is 258 g/mol. The Labute approximate surface area is 126 Å². The first-order valence-electron chi connectivity index (χ1n) is 8.21. The Hall–Kier alpha value is -1.77. The number of para-hydroxylation sites is 1. The molecule has 2 unspecified atom stereocenters. The van der Waals surface area contributed by atoms with Gasteiger partial charge in [0.2, 0.25) is 0 Å². The van der Waals surface area contributed by atoms with E-state index in [4.69, 9.17) is 5.73 Å². The zero-order chi connectivity index (χ0) is 14.2. The van der Waals surface area contributed by atoms with Crippen molar-refractivity contribution in [3.05, 3.63) is 30.5 Å². The van der Waals surface area contributed by atoms with Crippen LogP contribution >= 0.6 is 0 Å². The molecule has 21 heavy (non-hydrogen) atoms. The molecule has 0 bridgehead atoms. The van der Waals surface area contributed by atoms with Gasteiger partial charge in [0.05, 0.1) is 11.2 Å². The minimum Gasteiger partial charge on any atom is -0.397 e. The van der Waals surface area contributed by atoms with Crippen LogP contribution in [0.1, 0.15) is 32.1 Å². The van der Waals surface area contributed by atoms with E-state index in [2.05, 4.69) is 22.0 Å². The van der Waals surface area contributed by atoms with Gasteiger partial charge in [-0.15, -0.1) is 0 Å². The Balaban J connectivity index is 1.69. The number of pyridine rings is 1. The second-order valence-electron chi connectivity index (χ2n) is 6.61. The Bertz CT molecular complexity index is 652. The van der Waals surface area contributed by atoms with Crippen molar-refractivity contribution in [3.63, 3.8) is 0 Å². The minimum atomic E-state index is 0.780. The SMILES string of the molecule is Nc1cccc2c(N3CCC4CCCCC4C3)ccnc12. The standard InChI is InChI=1S/C18H23N3/c19-16-7-3-6-15-17(8-10-20-18(15)16)21-11-9-13-4-1-2-5-14(13)12-21/h3,6-8,10,13-14H,1-2,4-5,9,11-12,19H2.